The number of aliphatic hydroxyl groups is 1. The molecule has 0 spiro atoms. The smallest absolute Gasteiger partial charge is 0.246 e. The van der Waals surface area contributed by atoms with Gasteiger partial charge in [-0.1, -0.05) is 6.58 Å². The van der Waals surface area contributed by atoms with Crippen LogP contribution in [-0.4, -0.2) is 61.8 Å². The molecule has 0 saturated heterocycles. The van der Waals surface area contributed by atoms with E-state index in [1.165, 1.54) is 0 Å². The molecule has 0 radical (unpaired) electrons. The second-order valence-corrected chi connectivity index (χ2v) is 5.34. The average molecular weight is 288 g/mol. The molecule has 20 heavy (non-hydrogen) atoms. The Morgan fingerprint density at radius 1 is 1.20 bits per heavy atom. The zero-order valence-electron chi connectivity index (χ0n) is 13.1. The number of aliphatic carboxylic acids is 1. The van der Waals surface area contributed by atoms with Crippen LogP contribution in [-0.2, 0) is 9.59 Å². The van der Waals surface area contributed by atoms with Crippen LogP contribution in [0.3, 0.4) is 0 Å². The minimum Gasteiger partial charge on any atom is -0.550 e. The first-order valence-electron chi connectivity index (χ1n) is 6.66. The topological polar surface area (TPSA) is 89.5 Å². The van der Waals surface area contributed by atoms with Crippen LogP contribution in [0.1, 0.15) is 26.7 Å². The van der Waals surface area contributed by atoms with Gasteiger partial charge in [0.15, 0.2) is 0 Å². The first-order chi connectivity index (χ1) is 9.12. The van der Waals surface area contributed by atoms with E-state index in [2.05, 4.69) is 26.0 Å². The van der Waals surface area contributed by atoms with Crippen molar-refractivity contribution in [3.8, 4) is 0 Å². The van der Waals surface area contributed by atoms with Crippen molar-refractivity contribution >= 4 is 11.9 Å². The van der Waals surface area contributed by atoms with Crippen LogP contribution in [0.15, 0.2) is 12.2 Å². The SMILES string of the molecule is C=C(C)C(=O)NCCC[N+](C)(C)CCCO.CC(=O)[O-]. The summed E-state index contributed by atoms with van der Waals surface area (Å²) in [6.07, 6.45) is 1.77. The first-order valence-corrected chi connectivity index (χ1v) is 6.66. The summed E-state index contributed by atoms with van der Waals surface area (Å²) in [6.45, 7) is 9.15. The highest BCUT2D eigenvalue weighted by atomic mass is 16.4. The molecule has 6 nitrogen and oxygen atoms in total. The van der Waals surface area contributed by atoms with Gasteiger partial charge >= 0.3 is 0 Å². The maximum absolute atomic E-state index is 11.2. The summed E-state index contributed by atoms with van der Waals surface area (Å²) in [7, 11) is 4.27. The van der Waals surface area contributed by atoms with E-state index < -0.39 is 5.97 Å². The standard InChI is InChI=1S/C12H24N2O2.C2H4O2/c1-11(2)12(16)13-7-5-8-14(3,4)9-6-10-15;1-2(3)4/h15H,1,5-10H2,2-4H3;1H3,(H,3,4). The summed E-state index contributed by atoms with van der Waals surface area (Å²) in [5, 5.41) is 20.5. The van der Waals surface area contributed by atoms with E-state index in [-0.39, 0.29) is 12.5 Å². The van der Waals surface area contributed by atoms with Crippen LogP contribution < -0.4 is 10.4 Å². The van der Waals surface area contributed by atoms with Gasteiger partial charge < -0.3 is 24.8 Å². The molecule has 0 aliphatic carbocycles. The third-order valence-corrected chi connectivity index (χ3v) is 2.53. The molecule has 118 valence electrons. The molecule has 0 aliphatic heterocycles. The summed E-state index contributed by atoms with van der Waals surface area (Å²) >= 11 is 0. The van der Waals surface area contributed by atoms with Gasteiger partial charge in [-0.2, -0.15) is 0 Å². The maximum atomic E-state index is 11.2. The number of nitrogens with one attached hydrogen (secondary N) is 1. The summed E-state index contributed by atoms with van der Waals surface area (Å²) < 4.78 is 0.878. The molecule has 1 amide bonds. The Kier molecular flexibility index (Phi) is 11.9. The van der Waals surface area contributed by atoms with E-state index in [4.69, 9.17) is 15.0 Å². The molecular formula is C14H28N2O4. The zero-order chi connectivity index (χ0) is 16.2. The minimum absolute atomic E-state index is 0.0688. The molecule has 0 aromatic heterocycles. The Labute approximate surface area is 121 Å². The molecule has 0 bridgehead atoms. The number of aliphatic hydroxyl groups excluding tert-OH is 1. The third kappa shape index (κ3) is 16.6. The summed E-state index contributed by atoms with van der Waals surface area (Å²) in [6, 6.07) is 0. The Morgan fingerprint density at radius 3 is 2.05 bits per heavy atom. The molecule has 0 aliphatic rings. The second kappa shape index (κ2) is 11.4. The average Bonchev–Trinajstić information content (AvgIpc) is 2.31. The van der Waals surface area contributed by atoms with Crippen molar-refractivity contribution in [2.45, 2.75) is 26.7 Å². The number of hydrogen-bond acceptors (Lipinski definition) is 4. The number of quaternary nitrogens is 1. The second-order valence-electron chi connectivity index (χ2n) is 5.34. The summed E-state index contributed by atoms with van der Waals surface area (Å²) in [4.78, 5) is 20.1. The van der Waals surface area contributed by atoms with Crippen molar-refractivity contribution in [3.05, 3.63) is 12.2 Å². The summed E-state index contributed by atoms with van der Waals surface area (Å²) in [5.41, 5.74) is 0.550. The van der Waals surface area contributed by atoms with E-state index >= 15 is 0 Å². The predicted octanol–water partition coefficient (Wildman–Crippen LogP) is -0.716. The maximum Gasteiger partial charge on any atom is 0.246 e. The zero-order valence-corrected chi connectivity index (χ0v) is 13.1. The molecule has 2 N–H and O–H groups in total. The van der Waals surface area contributed by atoms with Crippen LogP contribution in [0, 0.1) is 0 Å². The Bertz CT molecular complexity index is 310. The van der Waals surface area contributed by atoms with Gasteiger partial charge in [0.1, 0.15) is 0 Å². The lowest BCUT2D eigenvalue weighted by atomic mass is 10.3. The van der Waals surface area contributed by atoms with E-state index in [0.717, 1.165) is 37.3 Å². The Balaban J connectivity index is 0. The van der Waals surface area contributed by atoms with Crippen molar-refractivity contribution in [3.63, 3.8) is 0 Å². The Hall–Kier alpha value is -1.40. The lowest BCUT2D eigenvalue weighted by molar-refractivity contribution is -0.890. The van der Waals surface area contributed by atoms with Crippen molar-refractivity contribution in [1.82, 2.24) is 5.32 Å². The highest BCUT2D eigenvalue weighted by Gasteiger charge is 2.13. The molecule has 0 unspecified atom stereocenters. The number of carbonyl (C=O) groups is 2. The molecule has 0 heterocycles. The third-order valence-electron chi connectivity index (χ3n) is 2.53. The minimum atomic E-state index is -1.08. The monoisotopic (exact) mass is 288 g/mol. The number of hydrogen-bond donors (Lipinski definition) is 2. The normalized spacial score (nSPS) is 10.2. The van der Waals surface area contributed by atoms with Crippen LogP contribution in [0.4, 0.5) is 0 Å². The van der Waals surface area contributed by atoms with E-state index in [1.807, 2.05) is 0 Å². The predicted molar refractivity (Wildman–Crippen MR) is 76.7 cm³/mol. The molecule has 0 aromatic carbocycles. The Morgan fingerprint density at radius 2 is 1.65 bits per heavy atom. The van der Waals surface area contributed by atoms with Crippen LogP contribution >= 0.6 is 0 Å². The molecule has 0 saturated carbocycles. The van der Waals surface area contributed by atoms with Gasteiger partial charge in [-0.25, -0.2) is 0 Å². The van der Waals surface area contributed by atoms with Gasteiger partial charge in [-0.3, -0.25) is 4.79 Å². The fourth-order valence-electron chi connectivity index (χ4n) is 1.47. The van der Waals surface area contributed by atoms with Crippen LogP contribution in [0.2, 0.25) is 0 Å². The first kappa shape index (κ1) is 20.9. The molecule has 0 fully saturated rings. The number of nitrogens with zero attached hydrogens (tertiary/aromatic N) is 1. The lowest BCUT2D eigenvalue weighted by Crippen LogP contribution is -2.42. The lowest BCUT2D eigenvalue weighted by Gasteiger charge is -2.29. The van der Waals surface area contributed by atoms with Gasteiger partial charge in [-0.15, -0.1) is 0 Å². The number of carboxylic acids is 1. The summed E-state index contributed by atoms with van der Waals surface area (Å²) in [5.74, 6) is -1.15. The molecule has 0 aromatic rings. The van der Waals surface area contributed by atoms with E-state index in [9.17, 15) is 4.79 Å². The van der Waals surface area contributed by atoms with Crippen molar-refractivity contribution < 1.29 is 24.3 Å². The van der Waals surface area contributed by atoms with Crippen molar-refractivity contribution in [2.75, 3.05) is 40.3 Å². The number of amides is 1. The highest BCUT2D eigenvalue weighted by molar-refractivity contribution is 5.91. The van der Waals surface area contributed by atoms with Gasteiger partial charge in [0.05, 0.1) is 27.2 Å². The molecular weight excluding hydrogens is 260 g/mol. The quantitative estimate of drug-likeness (QED) is 0.350. The van der Waals surface area contributed by atoms with Gasteiger partial charge in [0.25, 0.3) is 0 Å². The number of carboxylic acid groups (broad SMARTS) is 1. The highest BCUT2D eigenvalue weighted by Crippen LogP contribution is 2.00. The molecule has 6 heteroatoms. The van der Waals surface area contributed by atoms with E-state index in [0.29, 0.717) is 12.1 Å². The van der Waals surface area contributed by atoms with Gasteiger partial charge in [-0.05, 0) is 13.8 Å². The van der Waals surface area contributed by atoms with E-state index in [1.54, 1.807) is 6.92 Å². The number of carbonyl (C=O) groups excluding carboxylic acids is 2. The van der Waals surface area contributed by atoms with Gasteiger partial charge in [0.2, 0.25) is 5.91 Å². The fourth-order valence-corrected chi connectivity index (χ4v) is 1.47. The van der Waals surface area contributed by atoms with Gasteiger partial charge in [0, 0.05) is 37.5 Å². The number of rotatable bonds is 8. The van der Waals surface area contributed by atoms with Crippen molar-refractivity contribution in [1.29, 1.82) is 0 Å². The molecule has 0 rings (SSSR count). The van der Waals surface area contributed by atoms with Crippen molar-refractivity contribution in [2.24, 2.45) is 0 Å². The largest absolute Gasteiger partial charge is 0.550 e. The molecule has 0 atom stereocenters. The van der Waals surface area contributed by atoms with Crippen LogP contribution in [0.5, 0.6) is 0 Å². The fraction of sp³-hybridized carbons (Fsp3) is 0.714. The van der Waals surface area contributed by atoms with Crippen LogP contribution in [0.25, 0.3) is 0 Å².